The van der Waals surface area contributed by atoms with E-state index in [4.69, 9.17) is 5.11 Å². The first kappa shape index (κ1) is 11.6. The highest BCUT2D eigenvalue weighted by molar-refractivity contribution is 9.10. The molecule has 0 aliphatic rings. The molecule has 0 fully saturated rings. The van der Waals surface area contributed by atoms with Gasteiger partial charge in [0, 0.05) is 5.69 Å². The lowest BCUT2D eigenvalue weighted by Gasteiger charge is -2.05. The Morgan fingerprint density at radius 3 is 2.82 bits per heavy atom. The summed E-state index contributed by atoms with van der Waals surface area (Å²) in [4.78, 5) is 17.0. The van der Waals surface area contributed by atoms with Crippen LogP contribution >= 0.6 is 15.9 Å². The first-order chi connectivity index (χ1) is 8.04. The Hall–Kier alpha value is -1.89. The zero-order valence-electron chi connectivity index (χ0n) is 8.37. The average Bonchev–Trinajstić information content (AvgIpc) is 2.22. The highest BCUT2D eigenvalue weighted by atomic mass is 79.9. The molecule has 0 bridgehead atoms. The van der Waals surface area contributed by atoms with Crippen molar-refractivity contribution in [2.24, 2.45) is 0 Å². The van der Waals surface area contributed by atoms with Gasteiger partial charge in [-0.05, 0) is 34.1 Å². The molecular weight excluding hydrogens is 293 g/mol. The summed E-state index contributed by atoms with van der Waals surface area (Å²) in [6, 6.07) is 5.28. The van der Waals surface area contributed by atoms with Gasteiger partial charge in [0.1, 0.15) is 5.82 Å². The number of benzene rings is 1. The van der Waals surface area contributed by atoms with Crippen LogP contribution in [-0.4, -0.2) is 15.1 Å². The Balaban J connectivity index is 2.31. The molecule has 2 aromatic rings. The zero-order valence-corrected chi connectivity index (χ0v) is 9.95. The maximum Gasteiger partial charge on any atom is 0.256 e. The molecule has 7 heteroatoms. The molecule has 1 aromatic heterocycles. The van der Waals surface area contributed by atoms with Crippen LogP contribution in [-0.2, 0) is 0 Å². The van der Waals surface area contributed by atoms with E-state index < -0.39 is 17.3 Å². The minimum Gasteiger partial charge on any atom is -0.493 e. The second kappa shape index (κ2) is 4.54. The lowest BCUT2D eigenvalue weighted by molar-refractivity contribution is 0.452. The number of aromatic amines is 1. The summed E-state index contributed by atoms with van der Waals surface area (Å²) in [7, 11) is 0. The van der Waals surface area contributed by atoms with Gasteiger partial charge >= 0.3 is 0 Å². The van der Waals surface area contributed by atoms with E-state index in [1.807, 2.05) is 0 Å². The Bertz CT molecular complexity index is 615. The summed E-state index contributed by atoms with van der Waals surface area (Å²) < 4.78 is 13.5. The molecule has 0 saturated carbocycles. The fourth-order valence-electron chi connectivity index (χ4n) is 1.21. The van der Waals surface area contributed by atoms with Gasteiger partial charge in [0.15, 0.2) is 0 Å². The lowest BCUT2D eigenvalue weighted by atomic mass is 10.3. The van der Waals surface area contributed by atoms with Gasteiger partial charge < -0.3 is 10.4 Å². The Morgan fingerprint density at radius 1 is 1.41 bits per heavy atom. The van der Waals surface area contributed by atoms with Gasteiger partial charge in [0.25, 0.3) is 5.56 Å². The van der Waals surface area contributed by atoms with E-state index in [2.05, 4.69) is 31.2 Å². The SMILES string of the molecule is O=c1cc(O)nc(Nc2ccc(Br)c(F)c2)[nH]1. The normalized spacial score (nSPS) is 10.2. The van der Waals surface area contributed by atoms with E-state index >= 15 is 0 Å². The van der Waals surface area contributed by atoms with Crippen LogP contribution in [0.5, 0.6) is 5.88 Å². The largest absolute Gasteiger partial charge is 0.493 e. The van der Waals surface area contributed by atoms with Crippen molar-refractivity contribution >= 4 is 27.6 Å². The standard InChI is InChI=1S/C10H7BrFN3O2/c11-6-2-1-5(3-7(6)12)13-10-14-8(16)4-9(17)15-10/h1-4H,(H3,13,14,15,16,17). The minimum atomic E-state index is -0.502. The topological polar surface area (TPSA) is 78.0 Å². The summed E-state index contributed by atoms with van der Waals surface area (Å²) >= 11 is 3.02. The fraction of sp³-hybridized carbons (Fsp3) is 0. The highest BCUT2D eigenvalue weighted by Gasteiger charge is 2.03. The minimum absolute atomic E-state index is 0.0386. The quantitative estimate of drug-likeness (QED) is 0.794. The molecule has 0 amide bonds. The van der Waals surface area contributed by atoms with Gasteiger partial charge in [0.2, 0.25) is 11.8 Å². The smallest absolute Gasteiger partial charge is 0.256 e. The van der Waals surface area contributed by atoms with Crippen LogP contribution in [0.25, 0.3) is 0 Å². The van der Waals surface area contributed by atoms with E-state index in [1.54, 1.807) is 6.07 Å². The number of hydrogen-bond acceptors (Lipinski definition) is 4. The number of anilines is 2. The Morgan fingerprint density at radius 2 is 2.18 bits per heavy atom. The molecule has 0 atom stereocenters. The number of halogens is 2. The first-order valence-corrected chi connectivity index (χ1v) is 5.36. The van der Waals surface area contributed by atoms with E-state index in [0.717, 1.165) is 6.07 Å². The van der Waals surface area contributed by atoms with Crippen LogP contribution in [0, 0.1) is 5.82 Å². The molecule has 0 aliphatic heterocycles. The molecule has 3 N–H and O–H groups in total. The molecule has 0 radical (unpaired) electrons. The van der Waals surface area contributed by atoms with E-state index in [0.29, 0.717) is 10.2 Å². The first-order valence-electron chi connectivity index (χ1n) is 4.57. The molecule has 5 nitrogen and oxygen atoms in total. The zero-order chi connectivity index (χ0) is 12.4. The summed E-state index contributed by atoms with van der Waals surface area (Å²) in [5.74, 6) is -0.817. The molecule has 1 heterocycles. The van der Waals surface area contributed by atoms with Gasteiger partial charge in [0.05, 0.1) is 10.5 Å². The third kappa shape index (κ3) is 2.82. The maximum atomic E-state index is 13.2. The monoisotopic (exact) mass is 299 g/mol. The van der Waals surface area contributed by atoms with Crippen molar-refractivity contribution in [3.8, 4) is 5.88 Å². The van der Waals surface area contributed by atoms with E-state index in [-0.39, 0.29) is 5.95 Å². The second-order valence-electron chi connectivity index (χ2n) is 3.21. The molecule has 0 aliphatic carbocycles. The van der Waals surface area contributed by atoms with Crippen LogP contribution in [0.2, 0.25) is 0 Å². The van der Waals surface area contributed by atoms with Gasteiger partial charge in [-0.15, -0.1) is 0 Å². The van der Waals surface area contributed by atoms with Gasteiger partial charge in [-0.2, -0.15) is 4.98 Å². The van der Waals surface area contributed by atoms with Crippen molar-refractivity contribution in [2.45, 2.75) is 0 Å². The summed E-state index contributed by atoms with van der Waals surface area (Å²) in [5, 5.41) is 11.8. The van der Waals surface area contributed by atoms with Crippen LogP contribution < -0.4 is 10.9 Å². The number of aromatic hydroxyl groups is 1. The van der Waals surface area contributed by atoms with Gasteiger partial charge in [-0.3, -0.25) is 9.78 Å². The van der Waals surface area contributed by atoms with E-state index in [9.17, 15) is 9.18 Å². The number of nitrogens with zero attached hydrogens (tertiary/aromatic N) is 1. The third-order valence-electron chi connectivity index (χ3n) is 1.91. The number of H-pyrrole nitrogens is 1. The van der Waals surface area contributed by atoms with Gasteiger partial charge in [-0.25, -0.2) is 4.39 Å². The molecule has 88 valence electrons. The summed E-state index contributed by atoms with van der Waals surface area (Å²) in [5.41, 5.74) is -0.1000. The van der Waals surface area contributed by atoms with Gasteiger partial charge in [-0.1, -0.05) is 0 Å². The molecule has 0 spiro atoms. The molecule has 0 unspecified atom stereocenters. The number of aromatic nitrogens is 2. The average molecular weight is 300 g/mol. The van der Waals surface area contributed by atoms with Crippen molar-refractivity contribution in [3.63, 3.8) is 0 Å². The number of nitrogens with one attached hydrogen (secondary N) is 2. The molecular formula is C10H7BrFN3O2. The van der Waals surface area contributed by atoms with Crippen molar-refractivity contribution in [2.75, 3.05) is 5.32 Å². The Kier molecular flexibility index (Phi) is 3.10. The molecule has 1 aromatic carbocycles. The van der Waals surface area contributed by atoms with Crippen molar-refractivity contribution in [1.29, 1.82) is 0 Å². The lowest BCUT2D eigenvalue weighted by Crippen LogP contribution is -2.08. The predicted molar refractivity (Wildman–Crippen MR) is 63.9 cm³/mol. The van der Waals surface area contributed by atoms with Crippen molar-refractivity contribution < 1.29 is 9.50 Å². The van der Waals surface area contributed by atoms with Crippen LogP contribution in [0.3, 0.4) is 0 Å². The second-order valence-corrected chi connectivity index (χ2v) is 4.06. The number of hydrogen-bond donors (Lipinski definition) is 3. The summed E-state index contributed by atoms with van der Waals surface area (Å²) in [6.45, 7) is 0. The predicted octanol–water partition coefficient (Wildman–Crippen LogP) is 2.12. The highest BCUT2D eigenvalue weighted by Crippen LogP contribution is 2.21. The van der Waals surface area contributed by atoms with Crippen LogP contribution in [0.15, 0.2) is 33.5 Å². The van der Waals surface area contributed by atoms with E-state index in [1.165, 1.54) is 12.1 Å². The fourth-order valence-corrected chi connectivity index (χ4v) is 1.46. The maximum absolute atomic E-state index is 13.2. The van der Waals surface area contributed by atoms with Crippen LogP contribution in [0.4, 0.5) is 16.0 Å². The molecule has 0 saturated heterocycles. The molecule has 2 rings (SSSR count). The molecule has 17 heavy (non-hydrogen) atoms. The van der Waals surface area contributed by atoms with Crippen molar-refractivity contribution in [1.82, 2.24) is 9.97 Å². The Labute approximate surface area is 103 Å². The summed E-state index contributed by atoms with van der Waals surface area (Å²) in [6.07, 6.45) is 0. The number of rotatable bonds is 2. The van der Waals surface area contributed by atoms with Crippen molar-refractivity contribution in [3.05, 3.63) is 44.9 Å². The third-order valence-corrected chi connectivity index (χ3v) is 2.55. The van der Waals surface area contributed by atoms with Crippen LogP contribution in [0.1, 0.15) is 0 Å².